The van der Waals surface area contributed by atoms with E-state index in [0.717, 1.165) is 35.8 Å². The smallest absolute Gasteiger partial charge is 0.265 e. The van der Waals surface area contributed by atoms with Crippen LogP contribution in [0.4, 0.5) is 0 Å². The van der Waals surface area contributed by atoms with Crippen LogP contribution < -0.4 is 5.56 Å². The highest BCUT2D eigenvalue weighted by Crippen LogP contribution is 2.32. The van der Waals surface area contributed by atoms with Crippen LogP contribution in [0, 0.1) is 0 Å². The maximum absolute atomic E-state index is 13.2. The van der Waals surface area contributed by atoms with Crippen LogP contribution in [0.15, 0.2) is 53.3 Å². The number of nitrogens with one attached hydrogen (secondary N) is 1. The lowest BCUT2D eigenvalue weighted by atomic mass is 10.1. The normalized spacial score (nSPS) is 11.4. The zero-order chi connectivity index (χ0) is 18.1. The number of benzene rings is 2. The molecule has 0 radical (unpaired) electrons. The van der Waals surface area contributed by atoms with Crippen molar-refractivity contribution in [3.63, 3.8) is 0 Å². The number of aromatic hydroxyl groups is 1. The Morgan fingerprint density at radius 1 is 1.08 bits per heavy atom. The Bertz CT molecular complexity index is 1110. The van der Waals surface area contributed by atoms with Gasteiger partial charge in [-0.3, -0.25) is 4.79 Å². The molecule has 2 aromatic carbocycles. The predicted molar refractivity (Wildman–Crippen MR) is 104 cm³/mol. The van der Waals surface area contributed by atoms with Gasteiger partial charge in [-0.05, 0) is 30.7 Å². The summed E-state index contributed by atoms with van der Waals surface area (Å²) in [5, 5.41) is 11.5. The number of nitrogens with zero attached hydrogens (tertiary/aromatic N) is 2. The van der Waals surface area contributed by atoms with Gasteiger partial charge in [-0.25, -0.2) is 4.98 Å². The average molecular weight is 347 g/mol. The SMILES string of the molecule is CCCCCn1c(=O)c(-c2nc3ccccc3[nH]2)c(O)c2ccccc21. The van der Waals surface area contributed by atoms with Crippen molar-refractivity contribution >= 4 is 21.9 Å². The highest BCUT2D eigenvalue weighted by atomic mass is 16.3. The molecule has 26 heavy (non-hydrogen) atoms. The number of fused-ring (bicyclic) bond motifs is 2. The van der Waals surface area contributed by atoms with E-state index in [-0.39, 0.29) is 16.9 Å². The Morgan fingerprint density at radius 3 is 2.65 bits per heavy atom. The minimum absolute atomic E-state index is 0.0172. The molecular formula is C21H21N3O2. The number of rotatable bonds is 5. The lowest BCUT2D eigenvalue weighted by Gasteiger charge is -2.14. The molecular weight excluding hydrogens is 326 g/mol. The van der Waals surface area contributed by atoms with Crippen LogP contribution >= 0.6 is 0 Å². The molecule has 5 heteroatoms. The molecule has 0 spiro atoms. The molecule has 0 saturated heterocycles. The van der Waals surface area contributed by atoms with E-state index in [0.29, 0.717) is 17.8 Å². The zero-order valence-corrected chi connectivity index (χ0v) is 14.7. The zero-order valence-electron chi connectivity index (χ0n) is 14.7. The van der Waals surface area contributed by atoms with E-state index in [9.17, 15) is 9.90 Å². The van der Waals surface area contributed by atoms with Gasteiger partial charge in [-0.2, -0.15) is 0 Å². The Hall–Kier alpha value is -3.08. The van der Waals surface area contributed by atoms with E-state index in [2.05, 4.69) is 16.9 Å². The third kappa shape index (κ3) is 2.65. The van der Waals surface area contributed by atoms with Crippen molar-refractivity contribution < 1.29 is 5.11 Å². The van der Waals surface area contributed by atoms with Crippen LogP contribution in [0.3, 0.4) is 0 Å². The number of unbranched alkanes of at least 4 members (excludes halogenated alkanes) is 2. The molecule has 4 aromatic rings. The van der Waals surface area contributed by atoms with Gasteiger partial charge in [0.25, 0.3) is 5.56 Å². The van der Waals surface area contributed by atoms with Gasteiger partial charge in [0, 0.05) is 11.9 Å². The van der Waals surface area contributed by atoms with Crippen molar-refractivity contribution in [3.05, 3.63) is 58.9 Å². The lowest BCUT2D eigenvalue weighted by Crippen LogP contribution is -2.23. The van der Waals surface area contributed by atoms with E-state index < -0.39 is 0 Å². The van der Waals surface area contributed by atoms with E-state index in [1.54, 1.807) is 4.57 Å². The maximum Gasteiger partial charge on any atom is 0.265 e. The van der Waals surface area contributed by atoms with Crippen molar-refractivity contribution in [2.24, 2.45) is 0 Å². The third-order valence-electron chi connectivity index (χ3n) is 4.76. The van der Waals surface area contributed by atoms with Gasteiger partial charge in [0.2, 0.25) is 0 Å². The Morgan fingerprint density at radius 2 is 1.85 bits per heavy atom. The predicted octanol–water partition coefficient (Wildman–Crippen LogP) is 4.44. The van der Waals surface area contributed by atoms with Crippen LogP contribution in [0.2, 0.25) is 0 Å². The molecule has 0 atom stereocenters. The number of aryl methyl sites for hydroxylation is 1. The number of aromatic amines is 1. The lowest BCUT2D eigenvalue weighted by molar-refractivity contribution is 0.480. The number of H-pyrrole nitrogens is 1. The fourth-order valence-electron chi connectivity index (χ4n) is 3.42. The number of pyridine rings is 1. The summed E-state index contributed by atoms with van der Waals surface area (Å²) in [6.07, 6.45) is 3.06. The van der Waals surface area contributed by atoms with E-state index in [4.69, 9.17) is 0 Å². The Kier molecular flexibility index (Phi) is 4.21. The molecule has 0 fully saturated rings. The molecule has 0 aliphatic heterocycles. The van der Waals surface area contributed by atoms with Crippen LogP contribution in [0.5, 0.6) is 5.75 Å². The van der Waals surface area contributed by atoms with Crippen LogP contribution in [0.1, 0.15) is 26.2 Å². The summed E-state index contributed by atoms with van der Waals surface area (Å²) in [5.41, 5.74) is 2.39. The van der Waals surface area contributed by atoms with Crippen LogP contribution in [-0.2, 0) is 6.54 Å². The fraction of sp³-hybridized carbons (Fsp3) is 0.238. The van der Waals surface area contributed by atoms with Crippen molar-refractivity contribution in [2.45, 2.75) is 32.7 Å². The van der Waals surface area contributed by atoms with E-state index in [1.807, 2.05) is 48.5 Å². The molecule has 0 bridgehead atoms. The van der Waals surface area contributed by atoms with Crippen molar-refractivity contribution in [1.29, 1.82) is 0 Å². The van der Waals surface area contributed by atoms with Crippen LogP contribution in [-0.4, -0.2) is 19.6 Å². The average Bonchev–Trinajstić information content (AvgIpc) is 3.08. The molecule has 2 heterocycles. The van der Waals surface area contributed by atoms with Crippen molar-refractivity contribution in [1.82, 2.24) is 14.5 Å². The first-order valence-electron chi connectivity index (χ1n) is 9.00. The standard InChI is InChI=1S/C21H21N3O2/c1-2-3-8-13-24-17-12-7-4-9-14(17)19(25)18(21(24)26)20-22-15-10-5-6-11-16(15)23-20/h4-7,9-12,25H,2-3,8,13H2,1H3,(H,22,23). The molecule has 2 N–H and O–H groups in total. The molecule has 0 amide bonds. The molecule has 0 unspecified atom stereocenters. The highest BCUT2D eigenvalue weighted by Gasteiger charge is 2.20. The second-order valence-corrected chi connectivity index (χ2v) is 6.51. The summed E-state index contributed by atoms with van der Waals surface area (Å²) in [4.78, 5) is 20.9. The van der Waals surface area contributed by atoms with Crippen molar-refractivity contribution in [2.75, 3.05) is 0 Å². The largest absolute Gasteiger partial charge is 0.506 e. The molecule has 4 rings (SSSR count). The highest BCUT2D eigenvalue weighted by molar-refractivity contribution is 5.92. The summed E-state index contributed by atoms with van der Waals surface area (Å²) in [6, 6.07) is 15.1. The Labute approximate surface area is 150 Å². The van der Waals surface area contributed by atoms with Crippen molar-refractivity contribution in [3.8, 4) is 17.1 Å². The van der Waals surface area contributed by atoms with E-state index in [1.165, 1.54) is 0 Å². The maximum atomic E-state index is 13.2. The van der Waals surface area contributed by atoms with Gasteiger partial charge in [0.15, 0.2) is 0 Å². The summed E-state index contributed by atoms with van der Waals surface area (Å²) >= 11 is 0. The summed E-state index contributed by atoms with van der Waals surface area (Å²) in [7, 11) is 0. The fourth-order valence-corrected chi connectivity index (χ4v) is 3.42. The number of imidazole rings is 1. The third-order valence-corrected chi connectivity index (χ3v) is 4.76. The molecule has 5 nitrogen and oxygen atoms in total. The van der Waals surface area contributed by atoms with Gasteiger partial charge >= 0.3 is 0 Å². The summed E-state index contributed by atoms with van der Waals surface area (Å²) in [5.74, 6) is 0.389. The molecule has 0 aliphatic rings. The van der Waals surface area contributed by atoms with Gasteiger partial charge in [0.05, 0.1) is 16.6 Å². The second-order valence-electron chi connectivity index (χ2n) is 6.51. The number of para-hydroxylation sites is 3. The molecule has 2 aromatic heterocycles. The molecule has 0 aliphatic carbocycles. The quantitative estimate of drug-likeness (QED) is 0.524. The summed E-state index contributed by atoms with van der Waals surface area (Å²) in [6.45, 7) is 2.76. The number of hydrogen-bond donors (Lipinski definition) is 2. The number of hydrogen-bond acceptors (Lipinski definition) is 3. The first-order chi connectivity index (χ1) is 12.7. The number of aromatic nitrogens is 3. The summed E-state index contributed by atoms with van der Waals surface area (Å²) < 4.78 is 1.76. The minimum Gasteiger partial charge on any atom is -0.506 e. The Balaban J connectivity index is 1.98. The monoisotopic (exact) mass is 347 g/mol. The van der Waals surface area contributed by atoms with Gasteiger partial charge in [-0.1, -0.05) is 44.0 Å². The van der Waals surface area contributed by atoms with Gasteiger partial charge in [-0.15, -0.1) is 0 Å². The van der Waals surface area contributed by atoms with Gasteiger partial charge in [0.1, 0.15) is 17.1 Å². The minimum atomic E-state index is -0.212. The molecule has 0 saturated carbocycles. The topological polar surface area (TPSA) is 70.9 Å². The van der Waals surface area contributed by atoms with Crippen LogP contribution in [0.25, 0.3) is 33.3 Å². The first kappa shape index (κ1) is 16.4. The first-order valence-corrected chi connectivity index (χ1v) is 9.00. The van der Waals surface area contributed by atoms with Gasteiger partial charge < -0.3 is 14.7 Å². The molecule has 132 valence electrons. The van der Waals surface area contributed by atoms with E-state index >= 15 is 0 Å². The second kappa shape index (κ2) is 6.67.